The lowest BCUT2D eigenvalue weighted by molar-refractivity contribution is -0.138. The van der Waals surface area contributed by atoms with Gasteiger partial charge in [0.05, 0.1) is 45.1 Å². The first-order chi connectivity index (χ1) is 19.0. The van der Waals surface area contributed by atoms with Crippen LogP contribution in [0.1, 0.15) is 67.2 Å². The number of hydrogen-bond donors (Lipinski definition) is 3. The van der Waals surface area contributed by atoms with Crippen LogP contribution < -0.4 is 5.32 Å². The molecule has 1 fully saturated rings. The third-order valence-electron chi connectivity index (χ3n) is 9.00. The Hall–Kier alpha value is -3.52. The Morgan fingerprint density at radius 1 is 0.975 bits per heavy atom. The number of rotatable bonds is 4. The summed E-state index contributed by atoms with van der Waals surface area (Å²) in [4.78, 5) is 27.2. The predicted molar refractivity (Wildman–Crippen MR) is 162 cm³/mol. The molecule has 0 aromatic heterocycles. The summed E-state index contributed by atoms with van der Waals surface area (Å²) in [5.41, 5.74) is 13.8. The van der Waals surface area contributed by atoms with Crippen LogP contribution in [0.5, 0.6) is 0 Å². The van der Waals surface area contributed by atoms with Gasteiger partial charge in [0.2, 0.25) is 0 Å². The Labute approximate surface area is 242 Å². The molecule has 0 amide bonds. The maximum Gasteiger partial charge on any atom is 0.304 e. The minimum absolute atomic E-state index is 0.0305. The van der Waals surface area contributed by atoms with Crippen molar-refractivity contribution in [1.82, 2.24) is 5.32 Å². The summed E-state index contributed by atoms with van der Waals surface area (Å²) in [5.74, 6) is -1.00. The molecule has 2 atom stereocenters. The van der Waals surface area contributed by atoms with E-state index < -0.39 is 5.97 Å². The van der Waals surface area contributed by atoms with Crippen LogP contribution in [0.2, 0.25) is 0 Å². The fourth-order valence-corrected chi connectivity index (χ4v) is 7.62. The number of aliphatic carboxylic acids is 1. The molecule has 6 rings (SSSR count). The van der Waals surface area contributed by atoms with Gasteiger partial charge in [0, 0.05) is 40.8 Å². The van der Waals surface area contributed by atoms with Crippen LogP contribution in [0.15, 0.2) is 105 Å². The standard InChI is InChI=1S/C32H33BrN4O3/c1-7-17-13(3)21-11-24-18(8-2)14(4)29(36-24)28(33)30-15(5)19(10-26(39)40)31(37-30)20-9-25(38)27-16(6)22(35-32(20)27)12-23(17)34-21/h11-12,15,19,37-38H,7-10H2,1-6H3,(H,39,40)/t15-,19?/m0/s1. The largest absolute Gasteiger partial charge is 0.511 e. The lowest BCUT2D eigenvalue weighted by Crippen LogP contribution is -2.17. The number of aliphatic hydroxyl groups excluding tert-OH is 1. The third-order valence-corrected chi connectivity index (χ3v) is 9.80. The van der Waals surface area contributed by atoms with Gasteiger partial charge in [0.1, 0.15) is 5.76 Å². The number of carboxylic acids is 1. The van der Waals surface area contributed by atoms with Gasteiger partial charge >= 0.3 is 5.97 Å². The number of carboxylic acid groups (broad SMARTS) is 1. The highest BCUT2D eigenvalue weighted by Crippen LogP contribution is 2.47. The van der Waals surface area contributed by atoms with E-state index in [-0.39, 0.29) is 24.0 Å². The summed E-state index contributed by atoms with van der Waals surface area (Å²) in [6.07, 6.45) is 6.06. The zero-order valence-electron chi connectivity index (χ0n) is 23.7. The molecule has 1 aliphatic carbocycles. The van der Waals surface area contributed by atoms with Crippen LogP contribution in [0, 0.1) is 11.8 Å². The summed E-state index contributed by atoms with van der Waals surface area (Å²) < 4.78 is 0.833. The van der Waals surface area contributed by atoms with Crippen LogP contribution >= 0.6 is 15.9 Å². The summed E-state index contributed by atoms with van der Waals surface area (Å²) >= 11 is 3.87. The highest BCUT2D eigenvalue weighted by atomic mass is 79.9. The van der Waals surface area contributed by atoms with Gasteiger partial charge in [0.15, 0.2) is 0 Å². The van der Waals surface area contributed by atoms with E-state index in [2.05, 4.69) is 61.9 Å². The van der Waals surface area contributed by atoms with Crippen LogP contribution in [-0.4, -0.2) is 33.3 Å². The van der Waals surface area contributed by atoms with Gasteiger partial charge in [-0.2, -0.15) is 0 Å². The van der Waals surface area contributed by atoms with Crippen molar-refractivity contribution < 1.29 is 15.0 Å². The number of aliphatic hydroxyl groups is 1. The number of nitrogens with one attached hydrogen (secondary N) is 1. The van der Waals surface area contributed by atoms with Crippen molar-refractivity contribution in [2.45, 2.75) is 67.2 Å². The molecule has 1 unspecified atom stereocenters. The molecule has 6 aliphatic rings. The number of carbonyl (C=O) groups is 1. The van der Waals surface area contributed by atoms with Crippen molar-refractivity contribution in [1.29, 1.82) is 0 Å². The average Bonchev–Trinajstić information content (AvgIpc) is 3.66. The second kappa shape index (κ2) is 9.54. The molecule has 5 heterocycles. The van der Waals surface area contributed by atoms with Crippen molar-refractivity contribution in [2.24, 2.45) is 26.8 Å². The maximum atomic E-state index is 12.0. The molecule has 0 spiro atoms. The van der Waals surface area contributed by atoms with Crippen LogP contribution in [0.4, 0.5) is 0 Å². The molecule has 0 aromatic carbocycles. The maximum absolute atomic E-state index is 12.0. The van der Waals surface area contributed by atoms with Gasteiger partial charge in [-0.1, -0.05) is 20.8 Å². The first-order valence-corrected chi connectivity index (χ1v) is 14.7. The van der Waals surface area contributed by atoms with Gasteiger partial charge < -0.3 is 15.5 Å². The van der Waals surface area contributed by atoms with Crippen molar-refractivity contribution >= 4 is 39.0 Å². The Morgan fingerprint density at radius 2 is 1.65 bits per heavy atom. The van der Waals surface area contributed by atoms with Crippen LogP contribution in [0.3, 0.4) is 0 Å². The molecular formula is C32H33BrN4O3. The normalized spacial score (nSPS) is 25.7. The van der Waals surface area contributed by atoms with E-state index in [0.29, 0.717) is 6.42 Å². The predicted octanol–water partition coefficient (Wildman–Crippen LogP) is 7.27. The number of aliphatic imine (C=N–C) groups is 3. The molecular weight excluding hydrogens is 568 g/mol. The molecule has 7 nitrogen and oxygen atoms in total. The lowest BCUT2D eigenvalue weighted by Gasteiger charge is -2.16. The monoisotopic (exact) mass is 600 g/mol. The Kier molecular flexibility index (Phi) is 6.37. The third kappa shape index (κ3) is 3.83. The lowest BCUT2D eigenvalue weighted by atomic mass is 9.87. The van der Waals surface area contributed by atoms with Crippen LogP contribution in [0.25, 0.3) is 0 Å². The minimum atomic E-state index is -0.861. The Morgan fingerprint density at radius 3 is 2.33 bits per heavy atom. The molecule has 8 bridgehead atoms. The molecule has 40 heavy (non-hydrogen) atoms. The van der Waals surface area contributed by atoms with Gasteiger partial charge in [-0.3, -0.25) is 4.79 Å². The number of allylic oxidation sites excluding steroid dienone is 12. The second-order valence-electron chi connectivity index (χ2n) is 11.1. The SMILES string of the molecule is CCC1=C(C)C2=NC1=CC1=C(C)C3=C(O)CC(=C4NC(=C(Br)C5=NC(=C2)C(CC)=C5C)[C@@H](C)C4CC(=O)O)C3=N1. The number of hydrogen-bond acceptors (Lipinski definition) is 6. The number of nitrogens with zero attached hydrogens (tertiary/aromatic N) is 3. The fourth-order valence-electron chi connectivity index (χ4n) is 6.77. The highest BCUT2D eigenvalue weighted by molar-refractivity contribution is 9.12. The topological polar surface area (TPSA) is 107 Å². The number of halogens is 1. The van der Waals surface area contributed by atoms with E-state index in [0.717, 1.165) is 90.8 Å². The first-order valence-electron chi connectivity index (χ1n) is 13.9. The second-order valence-corrected chi connectivity index (χ2v) is 11.9. The minimum Gasteiger partial charge on any atom is -0.511 e. The summed E-state index contributed by atoms with van der Waals surface area (Å²) in [6, 6.07) is 0. The first kappa shape index (κ1) is 26.7. The zero-order valence-corrected chi connectivity index (χ0v) is 25.2. The molecule has 0 aromatic rings. The molecule has 1 saturated heterocycles. The van der Waals surface area contributed by atoms with Crippen molar-refractivity contribution in [3.8, 4) is 0 Å². The highest BCUT2D eigenvalue weighted by Gasteiger charge is 2.43. The zero-order chi connectivity index (χ0) is 28.6. The van der Waals surface area contributed by atoms with E-state index >= 15 is 0 Å². The van der Waals surface area contributed by atoms with Crippen molar-refractivity contribution in [3.63, 3.8) is 0 Å². The summed E-state index contributed by atoms with van der Waals surface area (Å²) in [7, 11) is 0. The van der Waals surface area contributed by atoms with Gasteiger partial charge in [0.25, 0.3) is 0 Å². The van der Waals surface area contributed by atoms with E-state index in [1.165, 1.54) is 11.1 Å². The molecule has 8 heteroatoms. The van der Waals surface area contributed by atoms with Crippen LogP contribution in [-0.2, 0) is 4.79 Å². The summed E-state index contributed by atoms with van der Waals surface area (Å²) in [5, 5.41) is 24.6. The van der Waals surface area contributed by atoms with E-state index in [1.807, 2.05) is 13.0 Å². The van der Waals surface area contributed by atoms with E-state index in [9.17, 15) is 15.0 Å². The van der Waals surface area contributed by atoms with Gasteiger partial charge in [-0.25, -0.2) is 15.0 Å². The van der Waals surface area contributed by atoms with Gasteiger partial charge in [-0.15, -0.1) is 0 Å². The molecule has 5 aliphatic heterocycles. The molecule has 0 radical (unpaired) electrons. The van der Waals surface area contributed by atoms with E-state index in [1.54, 1.807) is 0 Å². The smallest absolute Gasteiger partial charge is 0.304 e. The average molecular weight is 602 g/mol. The molecule has 206 valence electrons. The number of fused-ring (bicyclic) bond motifs is 5. The molecule has 3 N–H and O–H groups in total. The summed E-state index contributed by atoms with van der Waals surface area (Å²) in [6.45, 7) is 12.5. The quantitative estimate of drug-likeness (QED) is 0.315. The molecule has 0 saturated carbocycles. The van der Waals surface area contributed by atoms with Gasteiger partial charge in [-0.05, 0) is 89.6 Å². The Bertz CT molecular complexity index is 1670. The van der Waals surface area contributed by atoms with Crippen molar-refractivity contribution in [2.75, 3.05) is 0 Å². The van der Waals surface area contributed by atoms with Crippen molar-refractivity contribution in [3.05, 3.63) is 89.9 Å². The Balaban J connectivity index is 1.67. The van der Waals surface area contributed by atoms with E-state index in [4.69, 9.17) is 15.0 Å². The fraction of sp³-hybridized carbons (Fsp3) is 0.375.